The first-order valence-corrected chi connectivity index (χ1v) is 6.38. The van der Waals surface area contributed by atoms with Crippen LogP contribution in [0.2, 0.25) is 0 Å². The van der Waals surface area contributed by atoms with Crippen molar-refractivity contribution in [1.82, 2.24) is 9.97 Å². The molecule has 18 heavy (non-hydrogen) atoms. The summed E-state index contributed by atoms with van der Waals surface area (Å²) in [5.41, 5.74) is -0.0448. The molecule has 98 valence electrons. The highest BCUT2D eigenvalue weighted by molar-refractivity contribution is 5.37. The van der Waals surface area contributed by atoms with Gasteiger partial charge < -0.3 is 10.4 Å². The predicted octanol–water partition coefficient (Wildman–Crippen LogP) is 2.12. The highest BCUT2D eigenvalue weighted by Crippen LogP contribution is 2.22. The minimum Gasteiger partial charge on any atom is -0.396 e. The maximum absolute atomic E-state index is 9.10. The first kappa shape index (κ1) is 13.0. The third-order valence-corrected chi connectivity index (χ3v) is 3.07. The quantitative estimate of drug-likeness (QED) is 0.803. The molecule has 4 heteroatoms. The normalized spacial score (nSPS) is 23.3. The molecule has 2 rings (SSSR count). The number of aromatic nitrogens is 2. The fourth-order valence-electron chi connectivity index (χ4n) is 2.01. The maximum Gasteiger partial charge on any atom is 0.135 e. The van der Waals surface area contributed by atoms with E-state index in [4.69, 9.17) is 5.11 Å². The smallest absolute Gasteiger partial charge is 0.135 e. The van der Waals surface area contributed by atoms with E-state index in [1.54, 1.807) is 6.20 Å². The second-order valence-corrected chi connectivity index (χ2v) is 5.83. The van der Waals surface area contributed by atoms with Crippen molar-refractivity contribution in [1.29, 1.82) is 0 Å². The molecule has 4 nitrogen and oxygen atoms in total. The van der Waals surface area contributed by atoms with Gasteiger partial charge in [0.05, 0.1) is 0 Å². The monoisotopic (exact) mass is 247 g/mol. The van der Waals surface area contributed by atoms with Crippen molar-refractivity contribution in [3.63, 3.8) is 0 Å². The zero-order chi connectivity index (χ0) is 13.2. The predicted molar refractivity (Wildman–Crippen MR) is 72.5 cm³/mol. The van der Waals surface area contributed by atoms with Gasteiger partial charge in [-0.2, -0.15) is 0 Å². The van der Waals surface area contributed by atoms with Crippen molar-refractivity contribution in [2.75, 3.05) is 11.9 Å². The number of hydrogen-bond acceptors (Lipinski definition) is 4. The molecule has 0 radical (unpaired) electrons. The molecular formula is C14H21N3O. The van der Waals surface area contributed by atoms with Crippen molar-refractivity contribution in [2.24, 2.45) is 5.92 Å². The Morgan fingerprint density at radius 2 is 2.17 bits per heavy atom. The van der Waals surface area contributed by atoms with Crippen LogP contribution in [0.15, 0.2) is 24.4 Å². The van der Waals surface area contributed by atoms with Crippen LogP contribution < -0.4 is 5.32 Å². The standard InChI is InChI=1S/C14H21N3O/c1-14(2,3)13-15-7-6-12(17-13)16-11-5-4-10(8-11)9-18/h4-7,10-11,18H,8-9H2,1-3H3,(H,15,16,17)/t10-,11+/m0/s1. The van der Waals surface area contributed by atoms with Gasteiger partial charge in [-0.05, 0) is 12.5 Å². The van der Waals surface area contributed by atoms with E-state index in [0.29, 0.717) is 0 Å². The fraction of sp³-hybridized carbons (Fsp3) is 0.571. The molecule has 1 aromatic heterocycles. The van der Waals surface area contributed by atoms with E-state index in [2.05, 4.69) is 48.2 Å². The molecule has 2 N–H and O–H groups in total. The van der Waals surface area contributed by atoms with Crippen molar-refractivity contribution in [2.45, 2.75) is 38.6 Å². The van der Waals surface area contributed by atoms with Crippen LogP contribution in [0.4, 0.5) is 5.82 Å². The molecule has 2 atom stereocenters. The number of aliphatic hydroxyl groups excluding tert-OH is 1. The second-order valence-electron chi connectivity index (χ2n) is 5.83. The lowest BCUT2D eigenvalue weighted by molar-refractivity contribution is 0.250. The molecule has 0 amide bonds. The summed E-state index contributed by atoms with van der Waals surface area (Å²) in [7, 11) is 0. The van der Waals surface area contributed by atoms with E-state index < -0.39 is 0 Å². The largest absolute Gasteiger partial charge is 0.396 e. The van der Waals surface area contributed by atoms with Gasteiger partial charge in [-0.25, -0.2) is 9.97 Å². The zero-order valence-electron chi connectivity index (χ0n) is 11.2. The Labute approximate surface area is 108 Å². The Kier molecular flexibility index (Phi) is 3.66. The fourth-order valence-corrected chi connectivity index (χ4v) is 2.01. The third kappa shape index (κ3) is 3.07. The van der Waals surface area contributed by atoms with Crippen LogP contribution in [-0.4, -0.2) is 27.7 Å². The lowest BCUT2D eigenvalue weighted by Gasteiger charge is -2.18. The van der Waals surface area contributed by atoms with Crippen molar-refractivity contribution >= 4 is 5.82 Å². The van der Waals surface area contributed by atoms with E-state index in [9.17, 15) is 0 Å². The topological polar surface area (TPSA) is 58.0 Å². The Balaban J connectivity index is 2.05. The number of aliphatic hydroxyl groups is 1. The van der Waals surface area contributed by atoms with E-state index in [1.807, 2.05) is 6.07 Å². The molecular weight excluding hydrogens is 226 g/mol. The Hall–Kier alpha value is -1.42. The van der Waals surface area contributed by atoms with Crippen molar-refractivity contribution < 1.29 is 5.11 Å². The van der Waals surface area contributed by atoms with Gasteiger partial charge >= 0.3 is 0 Å². The van der Waals surface area contributed by atoms with Gasteiger partial charge in [-0.3, -0.25) is 0 Å². The zero-order valence-corrected chi connectivity index (χ0v) is 11.2. The van der Waals surface area contributed by atoms with E-state index in [1.165, 1.54) is 0 Å². The minimum atomic E-state index is -0.0448. The van der Waals surface area contributed by atoms with Gasteiger partial charge in [0.1, 0.15) is 11.6 Å². The van der Waals surface area contributed by atoms with Crippen LogP contribution in [0.5, 0.6) is 0 Å². The Morgan fingerprint density at radius 1 is 1.39 bits per heavy atom. The summed E-state index contributed by atoms with van der Waals surface area (Å²) in [4.78, 5) is 8.85. The molecule has 0 aliphatic heterocycles. The summed E-state index contributed by atoms with van der Waals surface area (Å²) in [6.45, 7) is 6.52. The molecule has 0 aromatic carbocycles. The molecule has 0 fully saturated rings. The molecule has 1 aliphatic rings. The lowest BCUT2D eigenvalue weighted by Crippen LogP contribution is -2.20. The summed E-state index contributed by atoms with van der Waals surface area (Å²) < 4.78 is 0. The Morgan fingerprint density at radius 3 is 2.78 bits per heavy atom. The second kappa shape index (κ2) is 5.06. The highest BCUT2D eigenvalue weighted by Gasteiger charge is 2.20. The van der Waals surface area contributed by atoms with Gasteiger partial charge in [-0.1, -0.05) is 32.9 Å². The summed E-state index contributed by atoms with van der Waals surface area (Å²) in [6.07, 6.45) is 6.87. The van der Waals surface area contributed by atoms with Crippen molar-refractivity contribution in [3.8, 4) is 0 Å². The average molecular weight is 247 g/mol. The summed E-state index contributed by atoms with van der Waals surface area (Å²) >= 11 is 0. The van der Waals surface area contributed by atoms with Gasteiger partial charge in [0.2, 0.25) is 0 Å². The summed E-state index contributed by atoms with van der Waals surface area (Å²) in [6, 6.07) is 2.14. The first-order valence-electron chi connectivity index (χ1n) is 6.38. The maximum atomic E-state index is 9.10. The van der Waals surface area contributed by atoms with Crippen molar-refractivity contribution in [3.05, 3.63) is 30.2 Å². The van der Waals surface area contributed by atoms with Crippen LogP contribution in [0.1, 0.15) is 33.0 Å². The molecule has 0 saturated carbocycles. The van der Waals surface area contributed by atoms with Gasteiger partial charge in [0.15, 0.2) is 0 Å². The third-order valence-electron chi connectivity index (χ3n) is 3.07. The molecule has 0 unspecified atom stereocenters. The molecule has 0 bridgehead atoms. The van der Waals surface area contributed by atoms with Crippen LogP contribution >= 0.6 is 0 Å². The minimum absolute atomic E-state index is 0.0448. The molecule has 0 saturated heterocycles. The highest BCUT2D eigenvalue weighted by atomic mass is 16.3. The average Bonchev–Trinajstić information content (AvgIpc) is 2.76. The lowest BCUT2D eigenvalue weighted by atomic mass is 9.96. The molecule has 1 heterocycles. The number of anilines is 1. The molecule has 0 spiro atoms. The molecule has 1 aliphatic carbocycles. The van der Waals surface area contributed by atoms with Gasteiger partial charge in [-0.15, -0.1) is 0 Å². The van der Waals surface area contributed by atoms with Gasteiger partial charge in [0.25, 0.3) is 0 Å². The van der Waals surface area contributed by atoms with Crippen LogP contribution in [0.25, 0.3) is 0 Å². The van der Waals surface area contributed by atoms with E-state index >= 15 is 0 Å². The van der Waals surface area contributed by atoms with Crippen LogP contribution in [0.3, 0.4) is 0 Å². The number of nitrogens with one attached hydrogen (secondary N) is 1. The number of rotatable bonds is 3. The SMILES string of the molecule is CC(C)(C)c1nccc(N[C@@H]2C=C[C@H](CO)C2)n1. The molecule has 1 aromatic rings. The van der Waals surface area contributed by atoms with E-state index in [-0.39, 0.29) is 24.0 Å². The summed E-state index contributed by atoms with van der Waals surface area (Å²) in [5.74, 6) is 1.96. The Bertz CT molecular complexity index is 437. The number of hydrogen-bond donors (Lipinski definition) is 2. The van der Waals surface area contributed by atoms with Crippen LogP contribution in [0, 0.1) is 5.92 Å². The van der Waals surface area contributed by atoms with Gasteiger partial charge in [0, 0.05) is 30.2 Å². The summed E-state index contributed by atoms with van der Waals surface area (Å²) in [5, 5.41) is 12.5. The number of nitrogens with zero attached hydrogens (tertiary/aromatic N) is 2. The van der Waals surface area contributed by atoms with Crippen LogP contribution in [-0.2, 0) is 5.41 Å². The van der Waals surface area contributed by atoms with E-state index in [0.717, 1.165) is 18.1 Å². The first-order chi connectivity index (χ1) is 8.49.